The fourth-order valence-electron chi connectivity index (χ4n) is 1.21. The highest BCUT2D eigenvalue weighted by molar-refractivity contribution is 5.69. The molecule has 1 aromatic rings. The van der Waals surface area contributed by atoms with Gasteiger partial charge in [0.2, 0.25) is 0 Å². The normalized spacial score (nSPS) is 10.3. The molecule has 0 amide bonds. The molecule has 12 heavy (non-hydrogen) atoms. The first-order valence-electron chi connectivity index (χ1n) is 4.01. The largest absolute Gasteiger partial charge is 0.397 e. The Morgan fingerprint density at radius 2 is 2.00 bits per heavy atom. The highest BCUT2D eigenvalue weighted by Crippen LogP contribution is 2.27. The highest BCUT2D eigenvalue weighted by Gasteiger charge is 2.06. The van der Waals surface area contributed by atoms with Crippen molar-refractivity contribution in [3.63, 3.8) is 0 Å². The smallest absolute Gasteiger partial charge is 0.0718 e. The summed E-state index contributed by atoms with van der Waals surface area (Å²) < 4.78 is 0. The summed E-state index contributed by atoms with van der Waals surface area (Å²) in [6, 6.07) is 5.82. The molecule has 0 aliphatic rings. The molecular formula is C9H15N3. The Kier molecular flexibility index (Phi) is 2.55. The van der Waals surface area contributed by atoms with Gasteiger partial charge in [-0.05, 0) is 17.5 Å². The third kappa shape index (κ3) is 1.51. The number of nitrogen functional groups attached to an aromatic ring is 2. The number of nitrogens with one attached hydrogen (secondary N) is 1. The lowest BCUT2D eigenvalue weighted by Crippen LogP contribution is -2.10. The summed E-state index contributed by atoms with van der Waals surface area (Å²) in [5.74, 6) is 5.72. The molecule has 0 spiro atoms. The summed E-state index contributed by atoms with van der Waals surface area (Å²) in [6.45, 7) is 4.21. The van der Waals surface area contributed by atoms with Gasteiger partial charge in [0, 0.05) is 0 Å². The van der Waals surface area contributed by atoms with Gasteiger partial charge >= 0.3 is 0 Å². The molecule has 0 fully saturated rings. The first-order chi connectivity index (χ1) is 5.66. The summed E-state index contributed by atoms with van der Waals surface area (Å²) in [6.07, 6.45) is 0. The quantitative estimate of drug-likeness (QED) is 0.355. The van der Waals surface area contributed by atoms with Gasteiger partial charge in [0.15, 0.2) is 0 Å². The molecule has 0 bridgehead atoms. The van der Waals surface area contributed by atoms with Crippen LogP contribution in [0.1, 0.15) is 25.3 Å². The van der Waals surface area contributed by atoms with Crippen molar-refractivity contribution >= 4 is 11.4 Å². The van der Waals surface area contributed by atoms with Crippen LogP contribution in [0.5, 0.6) is 0 Å². The third-order valence-corrected chi connectivity index (χ3v) is 1.92. The van der Waals surface area contributed by atoms with E-state index in [2.05, 4.69) is 19.3 Å². The average Bonchev–Trinajstić information content (AvgIpc) is 2.04. The molecule has 0 aliphatic heterocycles. The molecule has 0 heterocycles. The number of rotatable bonds is 2. The first kappa shape index (κ1) is 8.87. The van der Waals surface area contributed by atoms with Gasteiger partial charge in [-0.25, -0.2) is 0 Å². The van der Waals surface area contributed by atoms with E-state index in [1.807, 2.05) is 18.2 Å². The van der Waals surface area contributed by atoms with Crippen LogP contribution in [-0.4, -0.2) is 0 Å². The molecule has 1 aromatic carbocycles. The molecule has 3 nitrogen and oxygen atoms in total. The number of para-hydroxylation sites is 1. The maximum Gasteiger partial charge on any atom is 0.0718 e. The fraction of sp³-hybridized carbons (Fsp3) is 0.333. The van der Waals surface area contributed by atoms with Crippen LogP contribution in [0.2, 0.25) is 0 Å². The molecule has 5 N–H and O–H groups in total. The lowest BCUT2D eigenvalue weighted by Gasteiger charge is -2.12. The molecular weight excluding hydrogens is 150 g/mol. The molecule has 0 aliphatic carbocycles. The molecule has 0 radical (unpaired) electrons. The zero-order valence-corrected chi connectivity index (χ0v) is 7.46. The van der Waals surface area contributed by atoms with Gasteiger partial charge in [-0.15, -0.1) is 0 Å². The zero-order valence-electron chi connectivity index (χ0n) is 7.46. The molecule has 0 unspecified atom stereocenters. The fourth-order valence-corrected chi connectivity index (χ4v) is 1.21. The van der Waals surface area contributed by atoms with Crippen molar-refractivity contribution in [2.75, 3.05) is 11.2 Å². The van der Waals surface area contributed by atoms with E-state index in [0.717, 1.165) is 16.9 Å². The minimum atomic E-state index is 0.429. The Bertz CT molecular complexity index is 268. The van der Waals surface area contributed by atoms with Crippen LogP contribution >= 0.6 is 0 Å². The average molecular weight is 165 g/mol. The minimum Gasteiger partial charge on any atom is -0.397 e. The third-order valence-electron chi connectivity index (χ3n) is 1.92. The van der Waals surface area contributed by atoms with Crippen LogP contribution in [0.15, 0.2) is 18.2 Å². The molecule has 1 rings (SSSR count). The maximum atomic E-state index is 5.85. The van der Waals surface area contributed by atoms with Crippen molar-refractivity contribution in [1.29, 1.82) is 0 Å². The van der Waals surface area contributed by atoms with E-state index in [4.69, 9.17) is 11.6 Å². The van der Waals surface area contributed by atoms with Crippen molar-refractivity contribution in [3.05, 3.63) is 23.8 Å². The topological polar surface area (TPSA) is 64.1 Å². The number of hydrogen-bond donors (Lipinski definition) is 3. The number of nitrogens with two attached hydrogens (primary N) is 2. The van der Waals surface area contributed by atoms with E-state index in [1.165, 1.54) is 0 Å². The number of hydrazine groups is 1. The molecule has 66 valence electrons. The van der Waals surface area contributed by atoms with E-state index in [1.54, 1.807) is 0 Å². The number of benzene rings is 1. The Balaban J connectivity index is 3.14. The van der Waals surface area contributed by atoms with Gasteiger partial charge in [0.05, 0.1) is 11.4 Å². The minimum absolute atomic E-state index is 0.429. The van der Waals surface area contributed by atoms with Crippen LogP contribution in [0.4, 0.5) is 11.4 Å². The van der Waals surface area contributed by atoms with Crippen LogP contribution in [0.3, 0.4) is 0 Å². The van der Waals surface area contributed by atoms with Crippen molar-refractivity contribution in [2.45, 2.75) is 19.8 Å². The Morgan fingerprint density at radius 3 is 2.50 bits per heavy atom. The summed E-state index contributed by atoms with van der Waals surface area (Å²) in [4.78, 5) is 0. The maximum absolute atomic E-state index is 5.85. The van der Waals surface area contributed by atoms with Crippen molar-refractivity contribution in [2.24, 2.45) is 5.84 Å². The zero-order chi connectivity index (χ0) is 9.14. The van der Waals surface area contributed by atoms with Gasteiger partial charge in [-0.2, -0.15) is 0 Å². The first-order valence-corrected chi connectivity index (χ1v) is 4.01. The lowest BCUT2D eigenvalue weighted by molar-refractivity contribution is 0.870. The number of anilines is 2. The molecule has 0 atom stereocenters. The standard InChI is InChI=1S/C9H15N3/c1-6(2)7-4-3-5-8(12-11)9(7)10/h3-6,12H,10-11H2,1-2H3. The van der Waals surface area contributed by atoms with Crippen LogP contribution in [-0.2, 0) is 0 Å². The Morgan fingerprint density at radius 1 is 1.33 bits per heavy atom. The van der Waals surface area contributed by atoms with Crippen molar-refractivity contribution < 1.29 is 0 Å². The lowest BCUT2D eigenvalue weighted by atomic mass is 10.0. The Labute approximate surface area is 72.7 Å². The second-order valence-corrected chi connectivity index (χ2v) is 3.11. The Hall–Kier alpha value is -1.22. The summed E-state index contributed by atoms with van der Waals surface area (Å²) >= 11 is 0. The predicted molar refractivity (Wildman–Crippen MR) is 52.8 cm³/mol. The number of hydrogen-bond acceptors (Lipinski definition) is 3. The van der Waals surface area contributed by atoms with Gasteiger partial charge in [0.25, 0.3) is 0 Å². The molecule has 0 saturated heterocycles. The molecule has 0 saturated carbocycles. The van der Waals surface area contributed by atoms with Gasteiger partial charge < -0.3 is 11.2 Å². The highest BCUT2D eigenvalue weighted by atomic mass is 15.2. The summed E-state index contributed by atoms with van der Waals surface area (Å²) in [5, 5.41) is 0. The molecule has 0 aromatic heterocycles. The van der Waals surface area contributed by atoms with Gasteiger partial charge in [-0.1, -0.05) is 26.0 Å². The van der Waals surface area contributed by atoms with Crippen molar-refractivity contribution in [1.82, 2.24) is 0 Å². The summed E-state index contributed by atoms with van der Waals surface area (Å²) in [5.41, 5.74) is 11.1. The van der Waals surface area contributed by atoms with E-state index in [0.29, 0.717) is 5.92 Å². The van der Waals surface area contributed by atoms with Crippen LogP contribution < -0.4 is 17.0 Å². The van der Waals surface area contributed by atoms with Gasteiger partial charge in [-0.3, -0.25) is 5.84 Å². The van der Waals surface area contributed by atoms with E-state index in [9.17, 15) is 0 Å². The van der Waals surface area contributed by atoms with E-state index in [-0.39, 0.29) is 0 Å². The van der Waals surface area contributed by atoms with Gasteiger partial charge in [0.1, 0.15) is 0 Å². The second-order valence-electron chi connectivity index (χ2n) is 3.11. The van der Waals surface area contributed by atoms with Crippen LogP contribution in [0, 0.1) is 0 Å². The SMILES string of the molecule is CC(C)c1cccc(NN)c1N. The predicted octanol–water partition coefficient (Wildman–Crippen LogP) is 1.68. The summed E-state index contributed by atoms with van der Waals surface area (Å²) in [7, 11) is 0. The molecule has 3 heteroatoms. The van der Waals surface area contributed by atoms with E-state index < -0.39 is 0 Å². The second kappa shape index (κ2) is 3.45. The monoisotopic (exact) mass is 165 g/mol. The van der Waals surface area contributed by atoms with E-state index >= 15 is 0 Å². The van der Waals surface area contributed by atoms with Crippen molar-refractivity contribution in [3.8, 4) is 0 Å². The van der Waals surface area contributed by atoms with Crippen LogP contribution in [0.25, 0.3) is 0 Å².